The lowest BCUT2D eigenvalue weighted by Gasteiger charge is -2.09. The summed E-state index contributed by atoms with van der Waals surface area (Å²) < 4.78 is 44.8. The van der Waals surface area contributed by atoms with Crippen molar-refractivity contribution in [1.82, 2.24) is 5.32 Å². The molecule has 0 saturated carbocycles. The molecule has 0 aromatic heterocycles. The molecule has 20 heavy (non-hydrogen) atoms. The van der Waals surface area contributed by atoms with Gasteiger partial charge < -0.3 is 14.8 Å². The van der Waals surface area contributed by atoms with Gasteiger partial charge in [0.25, 0.3) is 5.91 Å². The minimum Gasteiger partial charge on any atom is -0.484 e. The van der Waals surface area contributed by atoms with Crippen LogP contribution in [0.15, 0.2) is 24.3 Å². The lowest BCUT2D eigenvalue weighted by Crippen LogP contribution is -2.32. The topological polar surface area (TPSA) is 47.6 Å². The van der Waals surface area contributed by atoms with Crippen LogP contribution in [0.1, 0.15) is 5.56 Å². The van der Waals surface area contributed by atoms with E-state index in [2.05, 4.69) is 10.1 Å². The van der Waals surface area contributed by atoms with Crippen molar-refractivity contribution in [1.29, 1.82) is 0 Å². The van der Waals surface area contributed by atoms with E-state index in [4.69, 9.17) is 4.74 Å². The van der Waals surface area contributed by atoms with Gasteiger partial charge in [-0.1, -0.05) is 12.1 Å². The molecular weight excluding hydrogens is 275 g/mol. The maximum atomic E-state index is 11.8. The molecule has 0 unspecified atom stereocenters. The number of rotatable bonds is 7. The third-order valence-electron chi connectivity index (χ3n) is 2.19. The van der Waals surface area contributed by atoms with E-state index in [0.717, 1.165) is 5.56 Å². The van der Waals surface area contributed by atoms with Crippen LogP contribution in [0.3, 0.4) is 0 Å². The van der Waals surface area contributed by atoms with Gasteiger partial charge in [0.1, 0.15) is 12.4 Å². The van der Waals surface area contributed by atoms with Crippen LogP contribution in [0.25, 0.3) is 0 Å². The first-order valence-electron chi connectivity index (χ1n) is 5.97. The Labute approximate surface area is 114 Å². The van der Waals surface area contributed by atoms with Crippen molar-refractivity contribution < 1.29 is 27.4 Å². The zero-order valence-corrected chi connectivity index (χ0v) is 11.0. The maximum Gasteiger partial charge on any atom is 0.411 e. The van der Waals surface area contributed by atoms with E-state index in [1.54, 1.807) is 18.2 Å². The van der Waals surface area contributed by atoms with Gasteiger partial charge in [0.15, 0.2) is 6.61 Å². The number of hydrogen-bond donors (Lipinski definition) is 1. The Morgan fingerprint density at radius 2 is 2.10 bits per heavy atom. The van der Waals surface area contributed by atoms with E-state index >= 15 is 0 Å². The number of carbonyl (C=O) groups excluding carboxylic acids is 1. The molecule has 0 atom stereocenters. The molecule has 1 rings (SSSR count). The van der Waals surface area contributed by atoms with Crippen molar-refractivity contribution in [3.05, 3.63) is 29.8 Å². The SMILES string of the molecule is Cc1cccc(OCC(=O)NCCOCC(F)(F)F)c1. The van der Waals surface area contributed by atoms with Gasteiger partial charge in [0.2, 0.25) is 0 Å². The molecule has 0 heterocycles. The number of halogens is 3. The molecule has 4 nitrogen and oxygen atoms in total. The van der Waals surface area contributed by atoms with E-state index < -0.39 is 18.7 Å². The molecule has 1 N–H and O–H groups in total. The second-order valence-corrected chi connectivity index (χ2v) is 4.12. The number of benzene rings is 1. The van der Waals surface area contributed by atoms with Gasteiger partial charge in [0, 0.05) is 6.54 Å². The molecule has 0 saturated heterocycles. The van der Waals surface area contributed by atoms with Gasteiger partial charge in [-0.05, 0) is 24.6 Å². The van der Waals surface area contributed by atoms with Crippen LogP contribution >= 0.6 is 0 Å². The first-order valence-corrected chi connectivity index (χ1v) is 5.97. The molecule has 0 aliphatic heterocycles. The summed E-state index contributed by atoms with van der Waals surface area (Å²) in [5.41, 5.74) is 1.00. The van der Waals surface area contributed by atoms with E-state index in [1.807, 2.05) is 13.0 Å². The van der Waals surface area contributed by atoms with Gasteiger partial charge in [0.05, 0.1) is 6.61 Å². The van der Waals surface area contributed by atoms with E-state index in [0.29, 0.717) is 5.75 Å². The van der Waals surface area contributed by atoms with Gasteiger partial charge in [-0.3, -0.25) is 4.79 Å². The lowest BCUT2D eigenvalue weighted by molar-refractivity contribution is -0.173. The molecule has 1 aromatic carbocycles. The van der Waals surface area contributed by atoms with Gasteiger partial charge in [-0.25, -0.2) is 0 Å². The normalized spacial score (nSPS) is 11.2. The maximum absolute atomic E-state index is 11.8. The number of hydrogen-bond acceptors (Lipinski definition) is 3. The number of alkyl halides is 3. The number of aryl methyl sites for hydroxylation is 1. The quantitative estimate of drug-likeness (QED) is 0.782. The molecule has 0 radical (unpaired) electrons. The first kappa shape index (κ1) is 16.3. The van der Waals surface area contributed by atoms with Crippen molar-refractivity contribution in [3.63, 3.8) is 0 Å². The Bertz CT molecular complexity index is 435. The molecule has 0 fully saturated rings. The van der Waals surface area contributed by atoms with Crippen LogP contribution in [0.5, 0.6) is 5.75 Å². The standard InChI is InChI=1S/C13H16F3NO3/c1-10-3-2-4-11(7-10)20-8-12(18)17-5-6-19-9-13(14,15)16/h2-4,7H,5-6,8-9H2,1H3,(H,17,18). The monoisotopic (exact) mass is 291 g/mol. The van der Waals surface area contributed by atoms with Crippen LogP contribution in [0.2, 0.25) is 0 Å². The molecule has 112 valence electrons. The van der Waals surface area contributed by atoms with Crippen molar-refractivity contribution in [3.8, 4) is 5.75 Å². The van der Waals surface area contributed by atoms with Crippen LogP contribution < -0.4 is 10.1 Å². The highest BCUT2D eigenvalue weighted by atomic mass is 19.4. The minimum atomic E-state index is -4.35. The van der Waals surface area contributed by atoms with E-state index in [9.17, 15) is 18.0 Å². The Kier molecular flexibility index (Phi) is 6.30. The van der Waals surface area contributed by atoms with E-state index in [-0.39, 0.29) is 19.8 Å². The smallest absolute Gasteiger partial charge is 0.411 e. The lowest BCUT2D eigenvalue weighted by atomic mass is 10.2. The van der Waals surface area contributed by atoms with Gasteiger partial charge in [-0.15, -0.1) is 0 Å². The second kappa shape index (κ2) is 7.74. The van der Waals surface area contributed by atoms with Gasteiger partial charge >= 0.3 is 6.18 Å². The Balaban J connectivity index is 2.12. The van der Waals surface area contributed by atoms with Crippen molar-refractivity contribution in [2.45, 2.75) is 13.1 Å². The highest BCUT2D eigenvalue weighted by Crippen LogP contribution is 2.14. The Hall–Kier alpha value is -1.76. The average Bonchev–Trinajstić information content (AvgIpc) is 2.35. The summed E-state index contributed by atoms with van der Waals surface area (Å²) in [7, 11) is 0. The summed E-state index contributed by atoms with van der Waals surface area (Å²) in [6, 6.07) is 7.19. The van der Waals surface area contributed by atoms with Crippen LogP contribution in [-0.4, -0.2) is 38.4 Å². The first-order chi connectivity index (χ1) is 9.37. The average molecular weight is 291 g/mol. The molecule has 0 spiro atoms. The van der Waals surface area contributed by atoms with Crippen LogP contribution in [-0.2, 0) is 9.53 Å². The fourth-order valence-corrected chi connectivity index (χ4v) is 1.36. The zero-order chi connectivity index (χ0) is 15.0. The fourth-order valence-electron chi connectivity index (χ4n) is 1.36. The van der Waals surface area contributed by atoms with Gasteiger partial charge in [-0.2, -0.15) is 13.2 Å². The number of amides is 1. The summed E-state index contributed by atoms with van der Waals surface area (Å²) in [5, 5.41) is 2.40. The summed E-state index contributed by atoms with van der Waals surface area (Å²) in [6.07, 6.45) is -4.35. The largest absolute Gasteiger partial charge is 0.484 e. The molecule has 0 aliphatic carbocycles. The zero-order valence-electron chi connectivity index (χ0n) is 11.0. The molecule has 0 bridgehead atoms. The van der Waals surface area contributed by atoms with E-state index in [1.165, 1.54) is 0 Å². The molecule has 1 amide bonds. The number of ether oxygens (including phenoxy) is 2. The van der Waals surface area contributed by atoms with Crippen molar-refractivity contribution in [2.24, 2.45) is 0 Å². The fraction of sp³-hybridized carbons (Fsp3) is 0.462. The summed E-state index contributed by atoms with van der Waals surface area (Å²) >= 11 is 0. The highest BCUT2D eigenvalue weighted by molar-refractivity contribution is 5.77. The van der Waals surface area contributed by atoms with Crippen molar-refractivity contribution in [2.75, 3.05) is 26.4 Å². The second-order valence-electron chi connectivity index (χ2n) is 4.12. The molecule has 7 heteroatoms. The number of carbonyl (C=O) groups is 1. The third kappa shape index (κ3) is 7.63. The van der Waals surface area contributed by atoms with Crippen LogP contribution in [0.4, 0.5) is 13.2 Å². The summed E-state index contributed by atoms with van der Waals surface area (Å²) in [6.45, 7) is 0.193. The Morgan fingerprint density at radius 1 is 1.35 bits per heavy atom. The van der Waals surface area contributed by atoms with Crippen LogP contribution in [0, 0.1) is 6.92 Å². The molecular formula is C13H16F3NO3. The van der Waals surface area contributed by atoms with Crippen molar-refractivity contribution >= 4 is 5.91 Å². The third-order valence-corrected chi connectivity index (χ3v) is 2.19. The number of nitrogens with one attached hydrogen (secondary N) is 1. The Morgan fingerprint density at radius 3 is 2.75 bits per heavy atom. The summed E-state index contributed by atoms with van der Waals surface area (Å²) in [4.78, 5) is 11.3. The minimum absolute atomic E-state index is 0.00604. The highest BCUT2D eigenvalue weighted by Gasteiger charge is 2.27. The predicted octanol–water partition coefficient (Wildman–Crippen LogP) is 2.07. The predicted molar refractivity (Wildman–Crippen MR) is 66.6 cm³/mol. The molecule has 1 aromatic rings. The molecule has 0 aliphatic rings. The summed E-state index contributed by atoms with van der Waals surface area (Å²) in [5.74, 6) is 0.149.